The maximum Gasteiger partial charge on any atom is 0.259 e. The van der Waals surface area contributed by atoms with Gasteiger partial charge in [-0.15, -0.1) is 0 Å². The van der Waals surface area contributed by atoms with Crippen LogP contribution in [0.15, 0.2) is 29.3 Å². The van der Waals surface area contributed by atoms with E-state index in [1.165, 1.54) is 10.9 Å². The number of primary sulfonamides is 1. The smallest absolute Gasteiger partial charge is 0.259 e. The van der Waals surface area contributed by atoms with Crippen molar-refractivity contribution in [1.29, 1.82) is 0 Å². The minimum Gasteiger partial charge on any atom is -0.319 e. The molecule has 1 heterocycles. The molecule has 0 atom stereocenters. The van der Waals surface area contributed by atoms with Crippen molar-refractivity contribution >= 4 is 21.6 Å². The monoisotopic (exact) mass is 312 g/mol. The van der Waals surface area contributed by atoms with Crippen LogP contribution < -0.4 is 10.5 Å². The van der Waals surface area contributed by atoms with E-state index in [2.05, 4.69) is 10.4 Å². The van der Waals surface area contributed by atoms with Gasteiger partial charge in [-0.05, 0) is 25.1 Å². The van der Waals surface area contributed by atoms with Crippen LogP contribution in [0.25, 0.3) is 0 Å². The van der Waals surface area contributed by atoms with E-state index in [0.717, 1.165) is 18.2 Å². The minimum atomic E-state index is -3.99. The maximum atomic E-state index is 13.8. The van der Waals surface area contributed by atoms with Crippen LogP contribution in [-0.4, -0.2) is 24.1 Å². The van der Waals surface area contributed by atoms with Crippen molar-refractivity contribution in [2.75, 3.05) is 5.32 Å². The van der Waals surface area contributed by atoms with E-state index in [-0.39, 0.29) is 10.6 Å². The Morgan fingerprint density at radius 1 is 1.43 bits per heavy atom. The van der Waals surface area contributed by atoms with Gasteiger partial charge in [-0.3, -0.25) is 9.48 Å². The highest BCUT2D eigenvalue weighted by Gasteiger charge is 2.16. The summed E-state index contributed by atoms with van der Waals surface area (Å²) in [4.78, 5) is 11.6. The Morgan fingerprint density at radius 3 is 2.57 bits per heavy atom. The highest BCUT2D eigenvalue weighted by Crippen LogP contribution is 2.19. The van der Waals surface area contributed by atoms with E-state index in [0.29, 0.717) is 11.3 Å². The van der Waals surface area contributed by atoms with Crippen molar-refractivity contribution in [3.63, 3.8) is 0 Å². The van der Waals surface area contributed by atoms with E-state index in [1.807, 2.05) is 0 Å². The summed E-state index contributed by atoms with van der Waals surface area (Å²) >= 11 is 0. The number of sulfonamides is 1. The molecular formula is C12H13FN4O3S. The fraction of sp³-hybridized carbons (Fsp3) is 0.167. The van der Waals surface area contributed by atoms with Crippen LogP contribution in [0.4, 0.5) is 10.1 Å². The Bertz CT molecular complexity index is 814. The number of amides is 1. The van der Waals surface area contributed by atoms with Crippen molar-refractivity contribution < 1.29 is 17.6 Å². The molecule has 0 saturated carbocycles. The number of nitrogens with two attached hydrogens (primary N) is 1. The molecule has 3 N–H and O–H groups in total. The summed E-state index contributed by atoms with van der Waals surface area (Å²) in [5, 5.41) is 11.2. The van der Waals surface area contributed by atoms with Crippen LogP contribution in [0, 0.1) is 12.7 Å². The van der Waals surface area contributed by atoms with Crippen LogP contribution in [-0.2, 0) is 17.1 Å². The molecule has 1 amide bonds. The molecular weight excluding hydrogens is 299 g/mol. The van der Waals surface area contributed by atoms with Crippen LogP contribution in [0.2, 0.25) is 0 Å². The van der Waals surface area contributed by atoms with Gasteiger partial charge >= 0.3 is 0 Å². The number of halogens is 1. The van der Waals surface area contributed by atoms with Gasteiger partial charge in [0.25, 0.3) is 5.91 Å². The van der Waals surface area contributed by atoms with E-state index >= 15 is 0 Å². The molecule has 2 aromatic rings. The number of aryl methyl sites for hydroxylation is 1. The lowest BCUT2D eigenvalue weighted by molar-refractivity contribution is 0.102. The molecule has 1 aromatic heterocycles. The van der Waals surface area contributed by atoms with Crippen LogP contribution in [0.3, 0.4) is 0 Å². The van der Waals surface area contributed by atoms with E-state index in [4.69, 9.17) is 5.14 Å². The molecule has 112 valence electrons. The Hall–Kier alpha value is -2.26. The first-order valence-corrected chi connectivity index (χ1v) is 7.37. The number of hydrogen-bond donors (Lipinski definition) is 2. The summed E-state index contributed by atoms with van der Waals surface area (Å²) in [6.07, 6.45) is 1.36. The first-order valence-electron chi connectivity index (χ1n) is 5.82. The fourth-order valence-electron chi connectivity index (χ4n) is 1.69. The number of carbonyl (C=O) groups is 1. The molecule has 0 aliphatic rings. The second-order valence-electron chi connectivity index (χ2n) is 4.41. The van der Waals surface area contributed by atoms with Crippen LogP contribution in [0.5, 0.6) is 0 Å². The summed E-state index contributed by atoms with van der Waals surface area (Å²) < 4.78 is 37.5. The summed E-state index contributed by atoms with van der Waals surface area (Å²) in [6.45, 7) is 1.70. The number of carbonyl (C=O) groups excluding carboxylic acids is 1. The van der Waals surface area contributed by atoms with Crippen LogP contribution >= 0.6 is 0 Å². The number of hydrogen-bond acceptors (Lipinski definition) is 4. The Balaban J connectivity index is 2.28. The predicted octanol–water partition coefficient (Wildman–Crippen LogP) is 0.767. The lowest BCUT2D eigenvalue weighted by Crippen LogP contribution is -2.15. The molecule has 9 heteroatoms. The third-order valence-electron chi connectivity index (χ3n) is 3.00. The van der Waals surface area contributed by atoms with Gasteiger partial charge in [-0.1, -0.05) is 0 Å². The molecule has 7 nitrogen and oxygen atoms in total. The summed E-state index contributed by atoms with van der Waals surface area (Å²) in [5.74, 6) is -1.43. The average Bonchev–Trinajstić information content (AvgIpc) is 2.71. The van der Waals surface area contributed by atoms with Crippen molar-refractivity contribution in [3.05, 3.63) is 41.5 Å². The lowest BCUT2D eigenvalue weighted by Gasteiger charge is -2.07. The topological polar surface area (TPSA) is 107 Å². The molecule has 0 bridgehead atoms. The number of anilines is 1. The van der Waals surface area contributed by atoms with Gasteiger partial charge < -0.3 is 5.32 Å². The van der Waals surface area contributed by atoms with Gasteiger partial charge in [0.15, 0.2) is 0 Å². The van der Waals surface area contributed by atoms with E-state index < -0.39 is 21.7 Å². The lowest BCUT2D eigenvalue weighted by atomic mass is 10.2. The van der Waals surface area contributed by atoms with E-state index in [1.54, 1.807) is 14.0 Å². The zero-order valence-corrected chi connectivity index (χ0v) is 12.1. The number of aromatic nitrogens is 2. The van der Waals surface area contributed by atoms with Gasteiger partial charge in [0.2, 0.25) is 10.0 Å². The molecule has 0 radical (unpaired) electrons. The second-order valence-corrected chi connectivity index (χ2v) is 5.97. The Labute approximate surface area is 120 Å². The Kier molecular flexibility index (Phi) is 3.79. The molecule has 0 saturated heterocycles. The largest absolute Gasteiger partial charge is 0.319 e. The average molecular weight is 312 g/mol. The summed E-state index contributed by atoms with van der Waals surface area (Å²) in [6, 6.07) is 3.00. The standard InChI is InChI=1S/C12H13FN4O3S/c1-7-9(6-15-17(7)2)12(18)16-11-4-3-8(5-10(11)13)21(14,19)20/h3-6H,1-2H3,(H,16,18)(H2,14,19,20). The van der Waals surface area contributed by atoms with Gasteiger partial charge in [0.05, 0.1) is 22.3 Å². The third kappa shape index (κ3) is 3.09. The zero-order chi connectivity index (χ0) is 15.8. The number of benzene rings is 1. The molecule has 1 aromatic carbocycles. The highest BCUT2D eigenvalue weighted by molar-refractivity contribution is 7.89. The number of nitrogens with one attached hydrogen (secondary N) is 1. The first kappa shape index (κ1) is 15.1. The second kappa shape index (κ2) is 5.26. The van der Waals surface area contributed by atoms with Gasteiger partial charge in [-0.25, -0.2) is 17.9 Å². The molecule has 21 heavy (non-hydrogen) atoms. The van der Waals surface area contributed by atoms with Crippen molar-refractivity contribution in [3.8, 4) is 0 Å². The van der Waals surface area contributed by atoms with Gasteiger partial charge in [0, 0.05) is 12.7 Å². The fourth-order valence-corrected chi connectivity index (χ4v) is 2.21. The molecule has 0 aliphatic carbocycles. The maximum absolute atomic E-state index is 13.8. The number of nitrogens with zero attached hydrogens (tertiary/aromatic N) is 2. The first-order chi connectivity index (χ1) is 9.70. The molecule has 0 unspecified atom stereocenters. The van der Waals surface area contributed by atoms with Crippen molar-refractivity contribution in [2.24, 2.45) is 12.2 Å². The van der Waals surface area contributed by atoms with Crippen molar-refractivity contribution in [1.82, 2.24) is 9.78 Å². The minimum absolute atomic E-state index is 0.143. The predicted molar refractivity (Wildman–Crippen MR) is 73.7 cm³/mol. The van der Waals surface area contributed by atoms with Crippen molar-refractivity contribution in [2.45, 2.75) is 11.8 Å². The van der Waals surface area contributed by atoms with E-state index in [9.17, 15) is 17.6 Å². The summed E-state index contributed by atoms with van der Waals surface area (Å²) in [7, 11) is -2.32. The van der Waals surface area contributed by atoms with Crippen LogP contribution in [0.1, 0.15) is 16.1 Å². The highest BCUT2D eigenvalue weighted by atomic mass is 32.2. The summed E-state index contributed by atoms with van der Waals surface area (Å²) in [5.41, 5.74) is 0.775. The zero-order valence-electron chi connectivity index (χ0n) is 11.3. The normalized spacial score (nSPS) is 11.4. The number of rotatable bonds is 3. The SMILES string of the molecule is Cc1c(C(=O)Nc2ccc(S(N)(=O)=O)cc2F)cnn1C. The molecule has 0 fully saturated rings. The molecule has 2 rings (SSSR count). The third-order valence-corrected chi connectivity index (χ3v) is 3.91. The quantitative estimate of drug-likeness (QED) is 0.872. The molecule has 0 aliphatic heterocycles. The van der Waals surface area contributed by atoms with Gasteiger partial charge in [-0.2, -0.15) is 5.10 Å². The van der Waals surface area contributed by atoms with Gasteiger partial charge in [0.1, 0.15) is 5.82 Å². The molecule has 0 spiro atoms. The Morgan fingerprint density at radius 2 is 2.10 bits per heavy atom.